The smallest absolute Gasteiger partial charge is 0.341 e. The fourth-order valence-electron chi connectivity index (χ4n) is 4.02. The number of fused-ring (bicyclic) bond motifs is 1. The first-order chi connectivity index (χ1) is 17.7. The van der Waals surface area contributed by atoms with E-state index in [-0.39, 0.29) is 39.0 Å². The first kappa shape index (κ1) is 27.5. The van der Waals surface area contributed by atoms with Crippen LogP contribution in [0, 0.1) is 11.6 Å². The molecule has 200 valence electrons. The number of amides is 2. The molecule has 0 saturated carbocycles. The van der Waals surface area contributed by atoms with Crippen LogP contribution in [0.25, 0.3) is 0 Å². The molecule has 7 nitrogen and oxygen atoms in total. The summed E-state index contributed by atoms with van der Waals surface area (Å²) in [6.07, 6.45) is -4.94. The van der Waals surface area contributed by atoms with Crippen molar-refractivity contribution in [2.75, 3.05) is 12.4 Å². The van der Waals surface area contributed by atoms with Crippen LogP contribution in [0.4, 0.5) is 27.6 Å². The molecule has 0 aliphatic carbocycles. The molecule has 0 bridgehead atoms. The summed E-state index contributed by atoms with van der Waals surface area (Å²) in [6.45, 7) is 0. The summed E-state index contributed by atoms with van der Waals surface area (Å²) in [7, 11) is -2.68. The Morgan fingerprint density at radius 1 is 1.05 bits per heavy atom. The lowest BCUT2D eigenvalue weighted by molar-refractivity contribution is -0.137. The minimum Gasteiger partial charge on any atom is -0.341 e. The van der Waals surface area contributed by atoms with E-state index in [2.05, 4.69) is 15.4 Å². The molecule has 1 aliphatic rings. The Morgan fingerprint density at radius 2 is 1.76 bits per heavy atom. The second kappa shape index (κ2) is 9.97. The Labute approximate surface area is 218 Å². The van der Waals surface area contributed by atoms with Crippen LogP contribution in [0.3, 0.4) is 0 Å². The fourth-order valence-corrected chi connectivity index (χ4v) is 5.00. The van der Waals surface area contributed by atoms with Crippen molar-refractivity contribution in [3.05, 3.63) is 98.6 Å². The van der Waals surface area contributed by atoms with Gasteiger partial charge in [-0.05, 0) is 61.1 Å². The second-order valence-corrected chi connectivity index (χ2v) is 10.7. The number of nitrogens with one attached hydrogen (secondary N) is 3. The van der Waals surface area contributed by atoms with Gasteiger partial charge in [0.25, 0.3) is 11.8 Å². The standard InChI is InChI=1S/C24H17ClF5N3O4S/c1-31-38(36,37)10-11-4-17-20(21(33-23(17)35)16-9-14(26)2-3-18(16)25)19(5-11)32-22(34)12-6-13(24(28,29)30)8-15(27)7-12/h2-9,21,31H,10H2,1H3,(H,32,34)(H,33,35)/t21-/m1/s1. The van der Waals surface area contributed by atoms with E-state index in [4.69, 9.17) is 11.6 Å². The summed E-state index contributed by atoms with van der Waals surface area (Å²) in [5.41, 5.74) is -2.12. The van der Waals surface area contributed by atoms with Gasteiger partial charge in [0.05, 0.1) is 17.4 Å². The molecule has 3 N–H and O–H groups in total. The third kappa shape index (κ3) is 5.64. The highest BCUT2D eigenvalue weighted by Crippen LogP contribution is 2.40. The van der Waals surface area contributed by atoms with Gasteiger partial charge in [-0.3, -0.25) is 9.59 Å². The number of hydrogen-bond donors (Lipinski definition) is 3. The van der Waals surface area contributed by atoms with Crippen molar-refractivity contribution in [1.82, 2.24) is 10.0 Å². The van der Waals surface area contributed by atoms with Crippen LogP contribution in [0.5, 0.6) is 0 Å². The van der Waals surface area contributed by atoms with Crippen LogP contribution in [-0.4, -0.2) is 27.3 Å². The van der Waals surface area contributed by atoms with Crippen LogP contribution in [0.15, 0.2) is 48.5 Å². The van der Waals surface area contributed by atoms with Crippen molar-refractivity contribution in [2.45, 2.75) is 18.0 Å². The van der Waals surface area contributed by atoms with Crippen molar-refractivity contribution < 1.29 is 40.0 Å². The molecule has 4 rings (SSSR count). The molecule has 1 atom stereocenters. The minimum absolute atomic E-state index is 0.0461. The van der Waals surface area contributed by atoms with E-state index in [0.717, 1.165) is 12.1 Å². The summed E-state index contributed by atoms with van der Waals surface area (Å²) >= 11 is 6.22. The maximum Gasteiger partial charge on any atom is 0.416 e. The van der Waals surface area contributed by atoms with Gasteiger partial charge < -0.3 is 10.6 Å². The largest absolute Gasteiger partial charge is 0.416 e. The molecule has 0 unspecified atom stereocenters. The molecule has 2 amide bonds. The molecule has 38 heavy (non-hydrogen) atoms. The number of anilines is 1. The number of benzene rings is 3. The first-order valence-corrected chi connectivity index (χ1v) is 12.7. The van der Waals surface area contributed by atoms with Crippen molar-refractivity contribution in [1.29, 1.82) is 0 Å². The molecule has 14 heteroatoms. The van der Waals surface area contributed by atoms with Gasteiger partial charge in [0.1, 0.15) is 11.6 Å². The summed E-state index contributed by atoms with van der Waals surface area (Å²) in [6, 6.07) is 5.99. The van der Waals surface area contributed by atoms with Gasteiger partial charge in [-0.2, -0.15) is 13.2 Å². The predicted octanol–water partition coefficient (Wildman–Crippen LogP) is 4.77. The van der Waals surface area contributed by atoms with E-state index < -0.39 is 62.6 Å². The zero-order valence-electron chi connectivity index (χ0n) is 19.2. The van der Waals surface area contributed by atoms with Gasteiger partial charge >= 0.3 is 6.18 Å². The molecule has 1 aliphatic heterocycles. The number of hydrogen-bond acceptors (Lipinski definition) is 4. The van der Waals surface area contributed by atoms with Crippen LogP contribution in [0.1, 0.15) is 49.0 Å². The zero-order valence-corrected chi connectivity index (χ0v) is 20.8. The Morgan fingerprint density at radius 3 is 2.42 bits per heavy atom. The fraction of sp³-hybridized carbons (Fsp3) is 0.167. The Hall–Kier alpha value is -3.55. The maximum atomic E-state index is 14.0. The number of alkyl halides is 3. The van der Waals surface area contributed by atoms with E-state index in [1.54, 1.807) is 0 Å². The highest BCUT2D eigenvalue weighted by atomic mass is 35.5. The Bertz CT molecular complexity index is 1580. The van der Waals surface area contributed by atoms with Gasteiger partial charge in [-0.25, -0.2) is 21.9 Å². The molecule has 0 spiro atoms. The number of carbonyl (C=O) groups excluding carboxylic acids is 2. The molecule has 3 aromatic carbocycles. The lowest BCUT2D eigenvalue weighted by Crippen LogP contribution is -2.21. The maximum absolute atomic E-state index is 14.0. The van der Waals surface area contributed by atoms with Gasteiger partial charge in [0, 0.05) is 33.0 Å². The number of sulfonamides is 1. The third-order valence-corrected chi connectivity index (χ3v) is 7.40. The van der Waals surface area contributed by atoms with Crippen molar-refractivity contribution >= 4 is 39.1 Å². The average molecular weight is 574 g/mol. The van der Waals surface area contributed by atoms with Crippen molar-refractivity contribution in [3.63, 3.8) is 0 Å². The van der Waals surface area contributed by atoms with Gasteiger partial charge in [0.15, 0.2) is 0 Å². The normalized spacial score (nSPS) is 15.2. The van der Waals surface area contributed by atoms with Gasteiger partial charge in [0.2, 0.25) is 10.0 Å². The van der Waals surface area contributed by atoms with Gasteiger partial charge in [-0.1, -0.05) is 11.6 Å². The van der Waals surface area contributed by atoms with Crippen LogP contribution in [-0.2, 0) is 22.0 Å². The van der Waals surface area contributed by atoms with E-state index in [9.17, 15) is 40.0 Å². The van der Waals surface area contributed by atoms with Crippen molar-refractivity contribution in [3.8, 4) is 0 Å². The number of carbonyl (C=O) groups is 2. The molecular weight excluding hydrogens is 557 g/mol. The van der Waals surface area contributed by atoms with Crippen LogP contribution >= 0.6 is 11.6 Å². The topological polar surface area (TPSA) is 104 Å². The Kier molecular flexibility index (Phi) is 7.21. The summed E-state index contributed by atoms with van der Waals surface area (Å²) in [5, 5.41) is 4.99. The lowest BCUT2D eigenvalue weighted by atomic mass is 9.94. The first-order valence-electron chi connectivity index (χ1n) is 10.7. The molecule has 0 radical (unpaired) electrons. The summed E-state index contributed by atoms with van der Waals surface area (Å²) in [4.78, 5) is 25.8. The van der Waals surface area contributed by atoms with E-state index >= 15 is 0 Å². The monoisotopic (exact) mass is 573 g/mol. The quantitative estimate of drug-likeness (QED) is 0.370. The second-order valence-electron chi connectivity index (χ2n) is 8.32. The summed E-state index contributed by atoms with van der Waals surface area (Å²) < 4.78 is 93.8. The van der Waals surface area contributed by atoms with E-state index in [1.807, 2.05) is 0 Å². The van der Waals surface area contributed by atoms with Crippen molar-refractivity contribution in [2.24, 2.45) is 0 Å². The average Bonchev–Trinajstić information content (AvgIpc) is 3.15. The third-order valence-electron chi connectivity index (χ3n) is 5.72. The molecule has 0 saturated heterocycles. The highest BCUT2D eigenvalue weighted by Gasteiger charge is 2.36. The van der Waals surface area contributed by atoms with Crippen LogP contribution in [0.2, 0.25) is 5.02 Å². The molecule has 0 fully saturated rings. The number of halogens is 6. The minimum atomic E-state index is -4.94. The van der Waals surface area contributed by atoms with E-state index in [1.165, 1.54) is 25.2 Å². The summed E-state index contributed by atoms with van der Waals surface area (Å²) in [5.74, 6) is -4.49. The molecule has 0 aromatic heterocycles. The highest BCUT2D eigenvalue weighted by molar-refractivity contribution is 7.88. The van der Waals surface area contributed by atoms with Gasteiger partial charge in [-0.15, -0.1) is 0 Å². The Balaban J connectivity index is 1.86. The molecular formula is C24H17ClF5N3O4S. The lowest BCUT2D eigenvalue weighted by Gasteiger charge is -2.19. The SMILES string of the molecule is CNS(=O)(=O)Cc1cc(NC(=O)c2cc(F)cc(C(F)(F)F)c2)c2c(c1)C(=O)N[C@@H]2c1cc(F)ccc1Cl. The molecule has 3 aromatic rings. The number of rotatable bonds is 6. The predicted molar refractivity (Wildman–Crippen MR) is 128 cm³/mol. The zero-order chi connectivity index (χ0) is 28.0. The molecule has 1 heterocycles. The van der Waals surface area contributed by atoms with Crippen LogP contribution < -0.4 is 15.4 Å². The van der Waals surface area contributed by atoms with E-state index in [0.29, 0.717) is 12.1 Å².